The molecule has 0 amide bonds. The molecule has 0 atom stereocenters. The fraction of sp³-hybridized carbons (Fsp3) is 0.375. The Balaban J connectivity index is 3.32. The van der Waals surface area contributed by atoms with E-state index in [1.54, 1.807) is 6.92 Å². The van der Waals surface area contributed by atoms with Crippen molar-refractivity contribution in [2.45, 2.75) is 19.9 Å². The van der Waals surface area contributed by atoms with Crippen molar-refractivity contribution >= 4 is 15.9 Å². The molecule has 0 aliphatic carbocycles. The molecular formula is C8H9BrF2N2. The lowest BCUT2D eigenvalue weighted by molar-refractivity contribution is 0.148. The fourth-order valence-electron chi connectivity index (χ4n) is 1.10. The van der Waals surface area contributed by atoms with Crippen LogP contribution >= 0.6 is 15.9 Å². The van der Waals surface area contributed by atoms with Crippen molar-refractivity contribution in [3.05, 3.63) is 27.5 Å². The van der Waals surface area contributed by atoms with Gasteiger partial charge >= 0.3 is 0 Å². The molecule has 1 aromatic rings. The molecule has 2 N–H and O–H groups in total. The van der Waals surface area contributed by atoms with E-state index < -0.39 is 6.43 Å². The second-order valence-corrected chi connectivity index (χ2v) is 3.45. The summed E-state index contributed by atoms with van der Waals surface area (Å²) in [5.41, 5.74) is 6.00. The highest BCUT2D eigenvalue weighted by Gasteiger charge is 2.17. The number of hydrogen-bond acceptors (Lipinski definition) is 2. The van der Waals surface area contributed by atoms with Crippen LogP contribution in [0.5, 0.6) is 0 Å². The molecule has 1 heterocycles. The second-order valence-electron chi connectivity index (χ2n) is 2.60. The SMILES string of the molecule is Cc1c(Br)cnc(CN)c1C(F)F. The van der Waals surface area contributed by atoms with Crippen LogP contribution in [0.25, 0.3) is 0 Å². The van der Waals surface area contributed by atoms with E-state index in [-0.39, 0.29) is 17.8 Å². The fourth-order valence-corrected chi connectivity index (χ4v) is 1.41. The van der Waals surface area contributed by atoms with E-state index in [2.05, 4.69) is 20.9 Å². The van der Waals surface area contributed by atoms with Crippen LogP contribution in [0, 0.1) is 6.92 Å². The molecule has 5 heteroatoms. The van der Waals surface area contributed by atoms with Gasteiger partial charge in [-0.2, -0.15) is 0 Å². The first-order chi connectivity index (χ1) is 6.07. The van der Waals surface area contributed by atoms with Gasteiger partial charge in [-0.15, -0.1) is 0 Å². The number of hydrogen-bond donors (Lipinski definition) is 1. The molecule has 1 rings (SSSR count). The predicted molar refractivity (Wildman–Crippen MR) is 49.5 cm³/mol. The van der Waals surface area contributed by atoms with E-state index in [1.165, 1.54) is 6.20 Å². The van der Waals surface area contributed by atoms with Gasteiger partial charge in [0.2, 0.25) is 0 Å². The molecule has 0 aliphatic rings. The maximum atomic E-state index is 12.5. The lowest BCUT2D eigenvalue weighted by Gasteiger charge is -2.10. The van der Waals surface area contributed by atoms with Crippen molar-refractivity contribution in [3.8, 4) is 0 Å². The first kappa shape index (κ1) is 10.5. The van der Waals surface area contributed by atoms with E-state index in [0.29, 0.717) is 10.0 Å². The van der Waals surface area contributed by atoms with Gasteiger partial charge in [0.15, 0.2) is 0 Å². The van der Waals surface area contributed by atoms with E-state index in [4.69, 9.17) is 5.73 Å². The lowest BCUT2D eigenvalue weighted by Crippen LogP contribution is -2.07. The van der Waals surface area contributed by atoms with Gasteiger partial charge in [-0.3, -0.25) is 4.98 Å². The van der Waals surface area contributed by atoms with Crippen LogP contribution in [0.3, 0.4) is 0 Å². The Kier molecular flexibility index (Phi) is 3.33. The van der Waals surface area contributed by atoms with Gasteiger partial charge in [0, 0.05) is 22.8 Å². The minimum Gasteiger partial charge on any atom is -0.325 e. The zero-order chi connectivity index (χ0) is 10.0. The van der Waals surface area contributed by atoms with Crippen molar-refractivity contribution in [2.24, 2.45) is 5.73 Å². The van der Waals surface area contributed by atoms with Crippen LogP contribution in [-0.2, 0) is 6.54 Å². The quantitative estimate of drug-likeness (QED) is 0.877. The molecule has 0 fully saturated rings. The number of aromatic nitrogens is 1. The minimum absolute atomic E-state index is 0.0355. The van der Waals surface area contributed by atoms with Crippen LogP contribution in [0.1, 0.15) is 23.2 Å². The monoisotopic (exact) mass is 250 g/mol. The van der Waals surface area contributed by atoms with Gasteiger partial charge in [0.25, 0.3) is 6.43 Å². The predicted octanol–water partition coefficient (Wildman–Crippen LogP) is 2.55. The average Bonchev–Trinajstić information content (AvgIpc) is 2.08. The summed E-state index contributed by atoms with van der Waals surface area (Å²) in [7, 11) is 0. The van der Waals surface area contributed by atoms with E-state index >= 15 is 0 Å². The van der Waals surface area contributed by atoms with Crippen LogP contribution in [0.2, 0.25) is 0 Å². The normalized spacial score (nSPS) is 10.9. The number of nitrogens with zero attached hydrogens (tertiary/aromatic N) is 1. The van der Waals surface area contributed by atoms with Gasteiger partial charge < -0.3 is 5.73 Å². The first-order valence-electron chi connectivity index (χ1n) is 3.70. The molecule has 72 valence electrons. The Morgan fingerprint density at radius 1 is 1.62 bits per heavy atom. The Bertz CT molecular complexity index is 315. The summed E-state index contributed by atoms with van der Waals surface area (Å²) in [5.74, 6) is 0. The third-order valence-electron chi connectivity index (χ3n) is 1.82. The van der Waals surface area contributed by atoms with Gasteiger partial charge in [-0.25, -0.2) is 8.78 Å². The smallest absolute Gasteiger partial charge is 0.265 e. The molecule has 0 unspecified atom stereocenters. The van der Waals surface area contributed by atoms with Crippen LogP contribution in [-0.4, -0.2) is 4.98 Å². The second kappa shape index (κ2) is 4.11. The Morgan fingerprint density at radius 2 is 2.23 bits per heavy atom. The van der Waals surface area contributed by atoms with Crippen molar-refractivity contribution < 1.29 is 8.78 Å². The van der Waals surface area contributed by atoms with Crippen LogP contribution in [0.15, 0.2) is 10.7 Å². The maximum Gasteiger partial charge on any atom is 0.265 e. The Labute approximate surface area is 83.3 Å². The number of pyridine rings is 1. The Morgan fingerprint density at radius 3 is 2.69 bits per heavy atom. The summed E-state index contributed by atoms with van der Waals surface area (Å²) in [6.07, 6.45) is -1.04. The minimum atomic E-state index is -2.52. The van der Waals surface area contributed by atoms with Crippen LogP contribution < -0.4 is 5.73 Å². The molecular weight excluding hydrogens is 242 g/mol. The zero-order valence-corrected chi connectivity index (χ0v) is 8.61. The molecule has 0 aliphatic heterocycles. The summed E-state index contributed by atoms with van der Waals surface area (Å²) in [6, 6.07) is 0. The topological polar surface area (TPSA) is 38.9 Å². The molecule has 0 saturated heterocycles. The van der Waals surface area contributed by atoms with Crippen molar-refractivity contribution in [2.75, 3.05) is 0 Å². The maximum absolute atomic E-state index is 12.5. The summed E-state index contributed by atoms with van der Waals surface area (Å²) in [6.45, 7) is 1.65. The number of rotatable bonds is 2. The highest BCUT2D eigenvalue weighted by atomic mass is 79.9. The molecule has 13 heavy (non-hydrogen) atoms. The summed E-state index contributed by atoms with van der Waals surface area (Å²) in [4.78, 5) is 3.83. The standard InChI is InChI=1S/C8H9BrF2N2/c1-4-5(9)3-13-6(2-12)7(4)8(10)11/h3,8H,2,12H2,1H3. The van der Waals surface area contributed by atoms with Gasteiger partial charge in [0.1, 0.15) is 0 Å². The lowest BCUT2D eigenvalue weighted by atomic mass is 10.1. The number of halogens is 3. The van der Waals surface area contributed by atoms with E-state index in [0.717, 1.165) is 0 Å². The highest BCUT2D eigenvalue weighted by Crippen LogP contribution is 2.29. The van der Waals surface area contributed by atoms with Crippen molar-refractivity contribution in [1.82, 2.24) is 4.98 Å². The van der Waals surface area contributed by atoms with E-state index in [9.17, 15) is 8.78 Å². The van der Waals surface area contributed by atoms with Gasteiger partial charge in [-0.05, 0) is 28.4 Å². The molecule has 0 aromatic carbocycles. The van der Waals surface area contributed by atoms with E-state index in [1.807, 2.05) is 0 Å². The first-order valence-corrected chi connectivity index (χ1v) is 4.49. The number of nitrogens with two attached hydrogens (primary N) is 1. The van der Waals surface area contributed by atoms with Crippen LogP contribution in [0.4, 0.5) is 8.78 Å². The van der Waals surface area contributed by atoms with Crippen molar-refractivity contribution in [1.29, 1.82) is 0 Å². The third kappa shape index (κ3) is 2.03. The molecule has 0 spiro atoms. The summed E-state index contributed by atoms with van der Waals surface area (Å²) >= 11 is 3.14. The molecule has 0 radical (unpaired) electrons. The molecule has 0 bridgehead atoms. The molecule has 0 saturated carbocycles. The largest absolute Gasteiger partial charge is 0.325 e. The third-order valence-corrected chi connectivity index (χ3v) is 2.62. The number of alkyl halides is 2. The zero-order valence-electron chi connectivity index (χ0n) is 7.02. The highest BCUT2D eigenvalue weighted by molar-refractivity contribution is 9.10. The van der Waals surface area contributed by atoms with Gasteiger partial charge in [-0.1, -0.05) is 0 Å². The Hall–Kier alpha value is -0.550. The average molecular weight is 251 g/mol. The summed E-state index contributed by atoms with van der Waals surface area (Å²) in [5, 5.41) is 0. The summed E-state index contributed by atoms with van der Waals surface area (Å²) < 4.78 is 25.7. The molecule has 1 aromatic heterocycles. The molecule has 2 nitrogen and oxygen atoms in total. The van der Waals surface area contributed by atoms with Crippen molar-refractivity contribution in [3.63, 3.8) is 0 Å². The van der Waals surface area contributed by atoms with Gasteiger partial charge in [0.05, 0.1) is 5.69 Å².